The van der Waals surface area contributed by atoms with E-state index in [1.807, 2.05) is 38.1 Å². The van der Waals surface area contributed by atoms with Gasteiger partial charge in [-0.2, -0.15) is 0 Å². The van der Waals surface area contributed by atoms with E-state index in [2.05, 4.69) is 10.3 Å². The van der Waals surface area contributed by atoms with Gasteiger partial charge in [0.2, 0.25) is 0 Å². The molecular weight excluding hydrogens is 367 g/mol. The van der Waals surface area contributed by atoms with E-state index in [9.17, 15) is 4.79 Å². The lowest BCUT2D eigenvalue weighted by molar-refractivity contribution is -0.118. The van der Waals surface area contributed by atoms with Crippen molar-refractivity contribution >= 4 is 55.8 Å². The zero-order valence-corrected chi connectivity index (χ0v) is 15.4. The van der Waals surface area contributed by atoms with Crippen molar-refractivity contribution in [3.63, 3.8) is 0 Å². The highest BCUT2D eigenvalue weighted by Gasteiger charge is 2.12. The molecule has 0 aliphatic carbocycles. The smallest absolute Gasteiger partial charge is 0.264 e. The van der Waals surface area contributed by atoms with Crippen molar-refractivity contribution in [2.24, 2.45) is 0 Å². The molecule has 1 amide bonds. The summed E-state index contributed by atoms with van der Waals surface area (Å²) in [6.07, 6.45) is 0. The third-order valence-corrected chi connectivity index (χ3v) is 5.28. The SMILES string of the molecule is Cc1ccc(OCC(=O)Nc2nc3c(Cl)c(Cl)ccc3s2)cc1C. The maximum Gasteiger partial charge on any atom is 0.264 e. The van der Waals surface area contributed by atoms with Crippen LogP contribution in [0.15, 0.2) is 30.3 Å². The molecule has 3 rings (SSSR count). The van der Waals surface area contributed by atoms with Crippen molar-refractivity contribution in [3.05, 3.63) is 51.5 Å². The van der Waals surface area contributed by atoms with Gasteiger partial charge < -0.3 is 4.74 Å². The molecule has 0 atom stereocenters. The average Bonchev–Trinajstić information content (AvgIpc) is 2.95. The molecule has 3 aromatic rings. The molecule has 0 bridgehead atoms. The van der Waals surface area contributed by atoms with Crippen molar-refractivity contribution in [1.82, 2.24) is 4.98 Å². The first-order valence-corrected chi connectivity index (χ1v) is 8.76. The predicted molar refractivity (Wildman–Crippen MR) is 99.7 cm³/mol. The van der Waals surface area contributed by atoms with Gasteiger partial charge in [0.1, 0.15) is 11.3 Å². The number of nitrogens with one attached hydrogen (secondary N) is 1. The molecule has 7 heteroatoms. The summed E-state index contributed by atoms with van der Waals surface area (Å²) in [6, 6.07) is 9.24. The van der Waals surface area contributed by atoms with E-state index in [4.69, 9.17) is 27.9 Å². The van der Waals surface area contributed by atoms with Crippen molar-refractivity contribution < 1.29 is 9.53 Å². The van der Waals surface area contributed by atoms with Gasteiger partial charge in [-0.15, -0.1) is 0 Å². The normalized spacial score (nSPS) is 10.8. The summed E-state index contributed by atoms with van der Waals surface area (Å²) in [6.45, 7) is 3.93. The first-order chi connectivity index (χ1) is 11.4. The number of ether oxygens (including phenoxy) is 1. The maximum atomic E-state index is 12.0. The highest BCUT2D eigenvalue weighted by molar-refractivity contribution is 7.22. The van der Waals surface area contributed by atoms with Gasteiger partial charge >= 0.3 is 0 Å². The van der Waals surface area contributed by atoms with Gasteiger partial charge in [-0.1, -0.05) is 40.6 Å². The molecule has 0 fully saturated rings. The minimum atomic E-state index is -0.283. The van der Waals surface area contributed by atoms with Crippen LogP contribution in [-0.4, -0.2) is 17.5 Å². The summed E-state index contributed by atoms with van der Waals surface area (Å²) in [5.41, 5.74) is 2.88. The van der Waals surface area contributed by atoms with E-state index in [-0.39, 0.29) is 12.5 Å². The topological polar surface area (TPSA) is 51.2 Å². The molecule has 0 aliphatic rings. The lowest BCUT2D eigenvalue weighted by Gasteiger charge is -2.07. The number of thiazole rings is 1. The second-order valence-electron chi connectivity index (χ2n) is 5.31. The maximum absolute atomic E-state index is 12.0. The fourth-order valence-corrected chi connectivity index (χ4v) is 3.40. The number of amides is 1. The number of benzene rings is 2. The van der Waals surface area contributed by atoms with Crippen LogP contribution in [0.1, 0.15) is 11.1 Å². The Balaban J connectivity index is 1.66. The Kier molecular flexibility index (Phi) is 4.94. The molecule has 124 valence electrons. The summed E-state index contributed by atoms with van der Waals surface area (Å²) in [4.78, 5) is 16.3. The van der Waals surface area contributed by atoms with Gasteiger partial charge in [0.05, 0.1) is 14.7 Å². The minimum Gasteiger partial charge on any atom is -0.484 e. The molecule has 0 spiro atoms. The van der Waals surface area contributed by atoms with E-state index in [1.165, 1.54) is 16.9 Å². The van der Waals surface area contributed by atoms with Crippen molar-refractivity contribution in [2.75, 3.05) is 11.9 Å². The average molecular weight is 381 g/mol. The Hall–Kier alpha value is -1.82. The van der Waals surface area contributed by atoms with E-state index >= 15 is 0 Å². The first-order valence-electron chi connectivity index (χ1n) is 7.18. The fraction of sp³-hybridized carbons (Fsp3) is 0.176. The van der Waals surface area contributed by atoms with E-state index in [0.29, 0.717) is 26.4 Å². The van der Waals surface area contributed by atoms with Crippen LogP contribution < -0.4 is 10.1 Å². The Labute approximate surface area is 153 Å². The van der Waals surface area contributed by atoms with Crippen LogP contribution >= 0.6 is 34.5 Å². The summed E-state index contributed by atoms with van der Waals surface area (Å²) in [5.74, 6) is 0.377. The number of aromatic nitrogens is 1. The Morgan fingerprint density at radius 2 is 2.00 bits per heavy atom. The second kappa shape index (κ2) is 6.97. The number of carbonyl (C=O) groups excluding carboxylic acids is 1. The molecule has 0 unspecified atom stereocenters. The number of carbonyl (C=O) groups is 1. The number of hydrogen-bond donors (Lipinski definition) is 1. The highest BCUT2D eigenvalue weighted by Crippen LogP contribution is 2.35. The molecule has 0 saturated carbocycles. The standard InChI is InChI=1S/C17H14Cl2N2O2S/c1-9-3-4-11(7-10(9)2)23-8-14(22)20-17-21-16-13(24-17)6-5-12(18)15(16)19/h3-7H,8H2,1-2H3,(H,20,21,22). The largest absolute Gasteiger partial charge is 0.484 e. The van der Waals surface area contributed by atoms with Crippen LogP contribution in [0.3, 0.4) is 0 Å². The molecule has 1 aromatic heterocycles. The monoisotopic (exact) mass is 380 g/mol. The van der Waals surface area contributed by atoms with Crippen molar-refractivity contribution in [3.8, 4) is 5.75 Å². The van der Waals surface area contributed by atoms with E-state index in [1.54, 1.807) is 6.07 Å². The van der Waals surface area contributed by atoms with Crippen LogP contribution in [0.2, 0.25) is 10.0 Å². The highest BCUT2D eigenvalue weighted by atomic mass is 35.5. The molecule has 1 heterocycles. The van der Waals surface area contributed by atoms with Gasteiger partial charge in [0, 0.05) is 0 Å². The molecule has 4 nitrogen and oxygen atoms in total. The first kappa shape index (κ1) is 17.0. The Bertz CT molecular complexity index is 924. The van der Waals surface area contributed by atoms with Gasteiger partial charge in [-0.3, -0.25) is 10.1 Å². The predicted octanol–water partition coefficient (Wildman–Crippen LogP) is 5.24. The van der Waals surface area contributed by atoms with Gasteiger partial charge in [0.25, 0.3) is 5.91 Å². The number of hydrogen-bond acceptors (Lipinski definition) is 4. The summed E-state index contributed by atoms with van der Waals surface area (Å²) >= 11 is 13.4. The van der Waals surface area contributed by atoms with Crippen molar-refractivity contribution in [2.45, 2.75) is 13.8 Å². The molecule has 0 radical (unpaired) electrons. The third-order valence-electron chi connectivity index (χ3n) is 3.55. The van der Waals surface area contributed by atoms with Gasteiger partial charge in [0.15, 0.2) is 11.7 Å². The van der Waals surface area contributed by atoms with E-state index < -0.39 is 0 Å². The molecule has 0 saturated heterocycles. The number of anilines is 1. The van der Waals surface area contributed by atoms with Crippen LogP contribution in [-0.2, 0) is 4.79 Å². The Morgan fingerprint density at radius 1 is 1.21 bits per heavy atom. The van der Waals surface area contributed by atoms with Crippen LogP contribution in [0.5, 0.6) is 5.75 Å². The summed E-state index contributed by atoms with van der Waals surface area (Å²) < 4.78 is 6.37. The number of halogens is 2. The lowest BCUT2D eigenvalue weighted by atomic mass is 10.1. The number of fused-ring (bicyclic) bond motifs is 1. The van der Waals surface area contributed by atoms with Gasteiger partial charge in [-0.05, 0) is 49.2 Å². The quantitative estimate of drug-likeness (QED) is 0.673. The van der Waals surface area contributed by atoms with Gasteiger partial charge in [-0.25, -0.2) is 4.98 Å². The number of rotatable bonds is 4. The van der Waals surface area contributed by atoms with Crippen LogP contribution in [0.25, 0.3) is 10.2 Å². The zero-order valence-electron chi connectivity index (χ0n) is 13.0. The summed E-state index contributed by atoms with van der Waals surface area (Å²) in [7, 11) is 0. The fourth-order valence-electron chi connectivity index (χ4n) is 2.10. The summed E-state index contributed by atoms with van der Waals surface area (Å²) in [5, 5.41) is 4.00. The van der Waals surface area contributed by atoms with Crippen molar-refractivity contribution in [1.29, 1.82) is 0 Å². The molecule has 24 heavy (non-hydrogen) atoms. The third kappa shape index (κ3) is 3.64. The molecule has 0 aliphatic heterocycles. The van der Waals surface area contributed by atoms with Crippen LogP contribution in [0, 0.1) is 13.8 Å². The minimum absolute atomic E-state index is 0.0904. The zero-order chi connectivity index (χ0) is 17.3. The molecular formula is C17H14Cl2N2O2S. The van der Waals surface area contributed by atoms with Crippen LogP contribution in [0.4, 0.5) is 5.13 Å². The molecule has 2 aromatic carbocycles. The van der Waals surface area contributed by atoms with E-state index in [0.717, 1.165) is 10.3 Å². The number of aryl methyl sites for hydroxylation is 2. The molecule has 1 N–H and O–H groups in total. The lowest BCUT2D eigenvalue weighted by Crippen LogP contribution is -2.20. The Morgan fingerprint density at radius 3 is 2.75 bits per heavy atom. The number of nitrogens with zero attached hydrogens (tertiary/aromatic N) is 1. The second-order valence-corrected chi connectivity index (χ2v) is 7.13.